The van der Waals surface area contributed by atoms with E-state index in [1.165, 1.54) is 36.9 Å². The topological polar surface area (TPSA) is 28.2 Å². The normalized spacial score (nSPS) is 20.0. The van der Waals surface area contributed by atoms with Crippen LogP contribution < -0.4 is 5.32 Å². The predicted octanol–water partition coefficient (Wildman–Crippen LogP) is 3.06. The number of hydrogen-bond acceptors (Lipinski definition) is 3. The second-order valence-corrected chi connectivity index (χ2v) is 6.04. The molecule has 1 saturated heterocycles. The number of hydrogen-bond donors (Lipinski definition) is 1. The zero-order chi connectivity index (χ0) is 14.5. The predicted molar refractivity (Wildman–Crippen MR) is 88.3 cm³/mol. The summed E-state index contributed by atoms with van der Waals surface area (Å²) in [6.07, 6.45) is 4.62. The van der Waals surface area contributed by atoms with E-state index in [4.69, 9.17) is 0 Å². The summed E-state index contributed by atoms with van der Waals surface area (Å²) < 4.78 is 0. The molecule has 1 fully saturated rings. The largest absolute Gasteiger partial charge is 0.317 e. The monoisotopic (exact) mass is 283 g/mol. The lowest BCUT2D eigenvalue weighted by molar-refractivity contribution is 0.166. The van der Waals surface area contributed by atoms with E-state index in [2.05, 4.69) is 52.5 Å². The number of rotatable bonds is 5. The molecular weight excluding hydrogens is 258 g/mol. The molecule has 1 N–H and O–H groups in total. The molecule has 21 heavy (non-hydrogen) atoms. The molecule has 0 bridgehead atoms. The smallest absolute Gasteiger partial charge is 0.0705 e. The molecule has 3 nitrogen and oxygen atoms in total. The first-order valence-electron chi connectivity index (χ1n) is 8.12. The number of nitrogens with one attached hydrogen (secondary N) is 1. The lowest BCUT2D eigenvalue weighted by Gasteiger charge is -2.33. The highest BCUT2D eigenvalue weighted by atomic mass is 15.1. The number of aromatic nitrogens is 1. The Hall–Kier alpha value is -1.45. The molecular formula is C18H25N3. The van der Waals surface area contributed by atoms with Crippen LogP contribution in [-0.2, 0) is 6.54 Å². The quantitative estimate of drug-likeness (QED) is 0.914. The standard InChI is InChI=1S/C18H25N3/c1-2-19-12-15-6-5-11-21(13-15)14-16-9-10-20-18-8-4-3-7-17(16)18/h3-4,7-10,15,19H,2,5-6,11-14H2,1H3. The van der Waals surface area contributed by atoms with Crippen molar-refractivity contribution < 1.29 is 0 Å². The molecule has 1 aliphatic rings. The fourth-order valence-corrected chi connectivity index (χ4v) is 3.34. The average molecular weight is 283 g/mol. The molecule has 112 valence electrons. The van der Waals surface area contributed by atoms with Gasteiger partial charge in [0.2, 0.25) is 0 Å². The molecule has 0 amide bonds. The van der Waals surface area contributed by atoms with Crippen molar-refractivity contribution in [1.29, 1.82) is 0 Å². The third kappa shape index (κ3) is 3.60. The van der Waals surface area contributed by atoms with E-state index in [9.17, 15) is 0 Å². The zero-order valence-corrected chi connectivity index (χ0v) is 12.9. The van der Waals surface area contributed by atoms with Crippen molar-refractivity contribution >= 4 is 10.9 Å². The molecule has 1 aromatic carbocycles. The number of piperidine rings is 1. The van der Waals surface area contributed by atoms with Gasteiger partial charge in [-0.05, 0) is 56.1 Å². The number of nitrogens with zero attached hydrogens (tertiary/aromatic N) is 2. The van der Waals surface area contributed by atoms with E-state index >= 15 is 0 Å². The van der Waals surface area contributed by atoms with Crippen molar-refractivity contribution in [2.45, 2.75) is 26.3 Å². The number of benzene rings is 1. The maximum Gasteiger partial charge on any atom is 0.0705 e. The highest BCUT2D eigenvalue weighted by Crippen LogP contribution is 2.22. The molecule has 3 rings (SSSR count). The van der Waals surface area contributed by atoms with Gasteiger partial charge in [0.25, 0.3) is 0 Å². The first-order chi connectivity index (χ1) is 10.4. The van der Waals surface area contributed by atoms with Gasteiger partial charge in [0, 0.05) is 24.7 Å². The van der Waals surface area contributed by atoms with Gasteiger partial charge >= 0.3 is 0 Å². The Morgan fingerprint density at radius 1 is 1.29 bits per heavy atom. The second kappa shape index (κ2) is 7.01. The maximum atomic E-state index is 4.46. The van der Waals surface area contributed by atoms with Crippen LogP contribution in [0.2, 0.25) is 0 Å². The summed E-state index contributed by atoms with van der Waals surface area (Å²) >= 11 is 0. The van der Waals surface area contributed by atoms with Gasteiger partial charge in [-0.3, -0.25) is 9.88 Å². The van der Waals surface area contributed by atoms with Crippen LogP contribution >= 0.6 is 0 Å². The van der Waals surface area contributed by atoms with Crippen LogP contribution in [0.3, 0.4) is 0 Å². The van der Waals surface area contributed by atoms with Crippen molar-refractivity contribution in [3.63, 3.8) is 0 Å². The molecule has 1 unspecified atom stereocenters. The second-order valence-electron chi connectivity index (χ2n) is 6.04. The van der Waals surface area contributed by atoms with Gasteiger partial charge in [-0.15, -0.1) is 0 Å². The Bertz CT molecular complexity index is 576. The highest BCUT2D eigenvalue weighted by molar-refractivity contribution is 5.81. The van der Waals surface area contributed by atoms with Crippen molar-refractivity contribution in [3.8, 4) is 0 Å². The fraction of sp³-hybridized carbons (Fsp3) is 0.500. The molecule has 2 aromatic rings. The van der Waals surface area contributed by atoms with E-state index in [-0.39, 0.29) is 0 Å². The van der Waals surface area contributed by atoms with E-state index in [0.29, 0.717) is 0 Å². The summed E-state index contributed by atoms with van der Waals surface area (Å²) in [4.78, 5) is 7.07. The van der Waals surface area contributed by atoms with Crippen LogP contribution in [0, 0.1) is 5.92 Å². The molecule has 1 aromatic heterocycles. The number of likely N-dealkylation sites (tertiary alicyclic amines) is 1. The van der Waals surface area contributed by atoms with Crippen LogP contribution in [-0.4, -0.2) is 36.1 Å². The zero-order valence-electron chi connectivity index (χ0n) is 12.9. The first-order valence-corrected chi connectivity index (χ1v) is 8.12. The van der Waals surface area contributed by atoms with E-state index < -0.39 is 0 Å². The Labute approximate surface area is 127 Å². The van der Waals surface area contributed by atoms with Crippen molar-refractivity contribution in [3.05, 3.63) is 42.1 Å². The average Bonchev–Trinajstić information content (AvgIpc) is 2.54. The van der Waals surface area contributed by atoms with E-state index in [1.807, 2.05) is 6.20 Å². The van der Waals surface area contributed by atoms with Crippen LogP contribution in [0.5, 0.6) is 0 Å². The van der Waals surface area contributed by atoms with Gasteiger partial charge in [0.15, 0.2) is 0 Å². The summed E-state index contributed by atoms with van der Waals surface area (Å²) in [7, 11) is 0. The Morgan fingerprint density at radius 2 is 2.19 bits per heavy atom. The Morgan fingerprint density at radius 3 is 3.10 bits per heavy atom. The molecule has 0 spiro atoms. The number of pyridine rings is 1. The highest BCUT2D eigenvalue weighted by Gasteiger charge is 2.19. The van der Waals surface area contributed by atoms with Gasteiger partial charge in [-0.25, -0.2) is 0 Å². The fourth-order valence-electron chi connectivity index (χ4n) is 3.34. The number of para-hydroxylation sites is 1. The Kier molecular flexibility index (Phi) is 4.84. The molecule has 0 radical (unpaired) electrons. The van der Waals surface area contributed by atoms with Crippen LogP contribution in [0.1, 0.15) is 25.3 Å². The Balaban J connectivity index is 1.70. The molecule has 2 heterocycles. The minimum absolute atomic E-state index is 0.798. The lowest BCUT2D eigenvalue weighted by atomic mass is 9.97. The van der Waals surface area contributed by atoms with E-state index in [1.54, 1.807) is 0 Å². The van der Waals surface area contributed by atoms with Crippen LogP contribution in [0.15, 0.2) is 36.5 Å². The lowest BCUT2D eigenvalue weighted by Crippen LogP contribution is -2.39. The van der Waals surface area contributed by atoms with Gasteiger partial charge in [-0.1, -0.05) is 25.1 Å². The van der Waals surface area contributed by atoms with Crippen LogP contribution in [0.4, 0.5) is 0 Å². The molecule has 3 heteroatoms. The van der Waals surface area contributed by atoms with Gasteiger partial charge < -0.3 is 5.32 Å². The summed E-state index contributed by atoms with van der Waals surface area (Å²) in [6, 6.07) is 10.6. The summed E-state index contributed by atoms with van der Waals surface area (Å²) in [6.45, 7) is 7.90. The SMILES string of the molecule is CCNCC1CCCN(Cc2ccnc3ccccc23)C1. The first kappa shape index (κ1) is 14.5. The summed E-state index contributed by atoms with van der Waals surface area (Å²) in [5.74, 6) is 0.798. The molecule has 0 saturated carbocycles. The summed E-state index contributed by atoms with van der Waals surface area (Å²) in [5.41, 5.74) is 2.51. The molecule has 0 aliphatic carbocycles. The maximum absolute atomic E-state index is 4.46. The minimum Gasteiger partial charge on any atom is -0.317 e. The third-order valence-electron chi connectivity index (χ3n) is 4.42. The van der Waals surface area contributed by atoms with E-state index in [0.717, 1.165) is 31.1 Å². The minimum atomic E-state index is 0.798. The molecule has 1 aliphatic heterocycles. The van der Waals surface area contributed by atoms with Gasteiger partial charge in [0.1, 0.15) is 0 Å². The van der Waals surface area contributed by atoms with Crippen molar-refractivity contribution in [2.24, 2.45) is 5.92 Å². The van der Waals surface area contributed by atoms with Gasteiger partial charge in [-0.2, -0.15) is 0 Å². The summed E-state index contributed by atoms with van der Waals surface area (Å²) in [5, 5.41) is 4.80. The van der Waals surface area contributed by atoms with Gasteiger partial charge in [0.05, 0.1) is 5.52 Å². The molecule has 1 atom stereocenters. The van der Waals surface area contributed by atoms with Crippen LogP contribution in [0.25, 0.3) is 10.9 Å². The number of fused-ring (bicyclic) bond motifs is 1. The van der Waals surface area contributed by atoms with Crippen molar-refractivity contribution in [2.75, 3.05) is 26.2 Å². The third-order valence-corrected chi connectivity index (χ3v) is 4.42. The van der Waals surface area contributed by atoms with Crippen molar-refractivity contribution in [1.82, 2.24) is 15.2 Å².